The van der Waals surface area contributed by atoms with Gasteiger partial charge in [0.2, 0.25) is 0 Å². The van der Waals surface area contributed by atoms with Crippen LogP contribution in [0.1, 0.15) is 20.3 Å². The summed E-state index contributed by atoms with van der Waals surface area (Å²) >= 11 is 0. The first-order chi connectivity index (χ1) is 5.48. The molecule has 0 aromatic carbocycles. The van der Waals surface area contributed by atoms with E-state index in [1.54, 1.807) is 6.92 Å². The fourth-order valence-electron chi connectivity index (χ4n) is 0.764. The second-order valence-corrected chi connectivity index (χ2v) is 2.74. The van der Waals surface area contributed by atoms with Gasteiger partial charge in [-0.25, -0.2) is 9.59 Å². The molecule has 1 saturated heterocycles. The van der Waals surface area contributed by atoms with Gasteiger partial charge in [0.1, 0.15) is 5.57 Å². The van der Waals surface area contributed by atoms with E-state index in [2.05, 4.69) is 6.58 Å². The van der Waals surface area contributed by atoms with Crippen LogP contribution in [-0.4, -0.2) is 17.7 Å². The van der Waals surface area contributed by atoms with Gasteiger partial charge in [0.15, 0.2) is 0 Å². The first kappa shape index (κ1) is 8.77. The van der Waals surface area contributed by atoms with Gasteiger partial charge in [0.25, 0.3) is 5.79 Å². The van der Waals surface area contributed by atoms with Crippen molar-refractivity contribution in [2.75, 3.05) is 0 Å². The molecule has 0 radical (unpaired) electrons. The number of hydrogen-bond acceptors (Lipinski definition) is 4. The van der Waals surface area contributed by atoms with Crippen molar-refractivity contribution in [2.45, 2.75) is 26.1 Å². The maximum Gasteiger partial charge on any atom is 0.348 e. The lowest BCUT2D eigenvalue weighted by molar-refractivity contribution is -0.229. The van der Waals surface area contributed by atoms with Gasteiger partial charge in [0, 0.05) is 13.3 Å². The molecule has 1 aliphatic rings. The fourth-order valence-corrected chi connectivity index (χ4v) is 0.764. The topological polar surface area (TPSA) is 52.6 Å². The van der Waals surface area contributed by atoms with E-state index < -0.39 is 17.7 Å². The molecule has 1 aliphatic heterocycles. The summed E-state index contributed by atoms with van der Waals surface area (Å²) in [6.45, 7) is 6.52. The summed E-state index contributed by atoms with van der Waals surface area (Å²) < 4.78 is 9.65. The summed E-state index contributed by atoms with van der Waals surface area (Å²) in [6.07, 6.45) is 0.428. The molecule has 0 saturated carbocycles. The predicted molar refractivity (Wildman–Crippen MR) is 40.0 cm³/mol. The van der Waals surface area contributed by atoms with E-state index in [4.69, 9.17) is 9.47 Å². The summed E-state index contributed by atoms with van der Waals surface area (Å²) in [6, 6.07) is 0. The average Bonchev–Trinajstić information content (AvgIpc) is 2.00. The largest absolute Gasteiger partial charge is 0.419 e. The smallest absolute Gasteiger partial charge is 0.348 e. The van der Waals surface area contributed by atoms with Gasteiger partial charge in [-0.15, -0.1) is 0 Å². The van der Waals surface area contributed by atoms with Gasteiger partial charge >= 0.3 is 11.9 Å². The zero-order valence-electron chi connectivity index (χ0n) is 7.05. The Kier molecular flexibility index (Phi) is 1.92. The predicted octanol–water partition coefficient (Wildman–Crippen LogP) is 0.769. The Morgan fingerprint density at radius 2 is 1.75 bits per heavy atom. The van der Waals surface area contributed by atoms with Crippen LogP contribution in [0.15, 0.2) is 12.2 Å². The molecule has 0 amide bonds. The van der Waals surface area contributed by atoms with Crippen LogP contribution in [0, 0.1) is 0 Å². The zero-order valence-corrected chi connectivity index (χ0v) is 7.05. The molecule has 1 fully saturated rings. The van der Waals surface area contributed by atoms with Crippen LogP contribution >= 0.6 is 0 Å². The molecule has 0 atom stereocenters. The molecule has 1 rings (SSSR count). The lowest BCUT2D eigenvalue weighted by atomic mass is 10.2. The number of rotatable bonds is 1. The molecule has 0 bridgehead atoms. The van der Waals surface area contributed by atoms with E-state index >= 15 is 0 Å². The molecule has 0 aromatic heterocycles. The van der Waals surface area contributed by atoms with Crippen molar-refractivity contribution in [3.63, 3.8) is 0 Å². The molecule has 0 aliphatic carbocycles. The van der Waals surface area contributed by atoms with Crippen molar-refractivity contribution < 1.29 is 19.1 Å². The summed E-state index contributed by atoms with van der Waals surface area (Å²) in [5, 5.41) is 0. The highest BCUT2D eigenvalue weighted by Gasteiger charge is 2.39. The monoisotopic (exact) mass is 170 g/mol. The standard InChI is InChI=1S/C8H10O4/c1-4-8(3)11-6(9)5(2)7(10)12-8/h2,4H2,1,3H3. The molecule has 0 spiro atoms. The second-order valence-electron chi connectivity index (χ2n) is 2.74. The van der Waals surface area contributed by atoms with E-state index in [1.165, 1.54) is 6.92 Å². The van der Waals surface area contributed by atoms with Gasteiger partial charge in [-0.1, -0.05) is 13.5 Å². The van der Waals surface area contributed by atoms with Crippen LogP contribution in [0.2, 0.25) is 0 Å². The number of esters is 2. The number of cyclic esters (lactones) is 2. The van der Waals surface area contributed by atoms with Crippen LogP contribution in [0.3, 0.4) is 0 Å². The highest BCUT2D eigenvalue weighted by Crippen LogP contribution is 2.24. The summed E-state index contributed by atoms with van der Waals surface area (Å²) in [4.78, 5) is 21.9. The van der Waals surface area contributed by atoms with Crippen LogP contribution in [0.5, 0.6) is 0 Å². The maximum atomic E-state index is 11.0. The Morgan fingerprint density at radius 1 is 1.33 bits per heavy atom. The highest BCUT2D eigenvalue weighted by atomic mass is 16.7. The lowest BCUT2D eigenvalue weighted by Crippen LogP contribution is -2.43. The quantitative estimate of drug-likeness (QED) is 0.331. The SMILES string of the molecule is C=C1C(=O)OC(C)(CC)OC1=O. The number of hydrogen-bond donors (Lipinski definition) is 0. The molecular formula is C8H10O4. The Bertz CT molecular complexity index is 234. The van der Waals surface area contributed by atoms with Gasteiger partial charge in [-0.3, -0.25) is 0 Å². The molecule has 0 N–H and O–H groups in total. The van der Waals surface area contributed by atoms with Crippen molar-refractivity contribution >= 4 is 11.9 Å². The third-order valence-electron chi connectivity index (χ3n) is 1.75. The molecule has 66 valence electrons. The van der Waals surface area contributed by atoms with Gasteiger partial charge < -0.3 is 9.47 Å². The minimum absolute atomic E-state index is 0.249. The Hall–Kier alpha value is -1.32. The average molecular weight is 170 g/mol. The van der Waals surface area contributed by atoms with Crippen LogP contribution in [0.4, 0.5) is 0 Å². The molecule has 0 aromatic rings. The first-order valence-corrected chi connectivity index (χ1v) is 3.64. The normalized spacial score (nSPS) is 21.7. The minimum Gasteiger partial charge on any atom is -0.419 e. The zero-order chi connectivity index (χ0) is 9.35. The summed E-state index contributed by atoms with van der Waals surface area (Å²) in [5.41, 5.74) is -0.249. The van der Waals surface area contributed by atoms with Crippen molar-refractivity contribution in [3.8, 4) is 0 Å². The van der Waals surface area contributed by atoms with Crippen LogP contribution in [0.25, 0.3) is 0 Å². The number of carbonyl (C=O) groups is 2. The van der Waals surface area contributed by atoms with Crippen LogP contribution < -0.4 is 0 Å². The summed E-state index contributed by atoms with van der Waals surface area (Å²) in [7, 11) is 0. The first-order valence-electron chi connectivity index (χ1n) is 3.64. The van der Waals surface area contributed by atoms with Gasteiger partial charge in [-0.2, -0.15) is 0 Å². The molecule has 4 nitrogen and oxygen atoms in total. The molecule has 12 heavy (non-hydrogen) atoms. The summed E-state index contributed by atoms with van der Waals surface area (Å²) in [5.74, 6) is -2.51. The molecule has 0 unspecified atom stereocenters. The van der Waals surface area contributed by atoms with E-state index in [-0.39, 0.29) is 5.57 Å². The molecule has 4 heteroatoms. The Morgan fingerprint density at radius 3 is 2.08 bits per heavy atom. The molecule has 1 heterocycles. The third-order valence-corrected chi connectivity index (χ3v) is 1.75. The fraction of sp³-hybridized carbons (Fsp3) is 0.500. The van der Waals surface area contributed by atoms with E-state index in [1.807, 2.05) is 0 Å². The minimum atomic E-state index is -1.12. The second kappa shape index (κ2) is 2.62. The Balaban J connectivity index is 2.86. The van der Waals surface area contributed by atoms with Crippen molar-refractivity contribution in [2.24, 2.45) is 0 Å². The molecular weight excluding hydrogens is 160 g/mol. The van der Waals surface area contributed by atoms with Crippen molar-refractivity contribution in [1.29, 1.82) is 0 Å². The van der Waals surface area contributed by atoms with Gasteiger partial charge in [0.05, 0.1) is 0 Å². The highest BCUT2D eigenvalue weighted by molar-refractivity contribution is 6.14. The van der Waals surface area contributed by atoms with Crippen molar-refractivity contribution in [3.05, 3.63) is 12.2 Å². The van der Waals surface area contributed by atoms with E-state index in [0.717, 1.165) is 0 Å². The maximum absolute atomic E-state index is 11.0. The van der Waals surface area contributed by atoms with E-state index in [9.17, 15) is 9.59 Å². The van der Waals surface area contributed by atoms with Crippen molar-refractivity contribution in [1.82, 2.24) is 0 Å². The van der Waals surface area contributed by atoms with Crippen LogP contribution in [-0.2, 0) is 19.1 Å². The lowest BCUT2D eigenvalue weighted by Gasteiger charge is -2.31. The van der Waals surface area contributed by atoms with Gasteiger partial charge in [-0.05, 0) is 0 Å². The third kappa shape index (κ3) is 1.32. The number of carbonyl (C=O) groups excluding carboxylic acids is 2. The van der Waals surface area contributed by atoms with E-state index in [0.29, 0.717) is 6.42 Å². The Labute approximate surface area is 70.1 Å². The number of ether oxygens (including phenoxy) is 2.